The third kappa shape index (κ3) is 5.11. The van der Waals surface area contributed by atoms with E-state index in [0.29, 0.717) is 35.8 Å². The number of carbonyl (C=O) groups excluding carboxylic acids is 1. The lowest BCUT2D eigenvalue weighted by molar-refractivity contribution is -0.143. The number of aromatic hydroxyl groups is 1. The maximum Gasteiger partial charge on any atom is 0.222 e. The summed E-state index contributed by atoms with van der Waals surface area (Å²) in [5.74, 6) is 3.81. The number of likely N-dealkylation sites (tertiary alicyclic amines) is 1. The van der Waals surface area contributed by atoms with Crippen LogP contribution >= 0.6 is 0 Å². The van der Waals surface area contributed by atoms with Crippen molar-refractivity contribution in [3.05, 3.63) is 53.1 Å². The predicted octanol–water partition coefficient (Wildman–Crippen LogP) is 6.51. The molecule has 2 aliphatic heterocycles. The highest BCUT2D eigenvalue weighted by atomic mass is 16.5. The molecule has 2 saturated carbocycles. The van der Waals surface area contributed by atoms with E-state index in [2.05, 4.69) is 54.0 Å². The van der Waals surface area contributed by atoms with Gasteiger partial charge in [0.2, 0.25) is 5.91 Å². The van der Waals surface area contributed by atoms with Gasteiger partial charge in [-0.25, -0.2) is 0 Å². The minimum Gasteiger partial charge on any atom is -0.508 e. The normalized spacial score (nSPS) is 28.8. The lowest BCUT2D eigenvalue weighted by Crippen LogP contribution is -2.69. The van der Waals surface area contributed by atoms with E-state index < -0.39 is 0 Å². The molecule has 2 bridgehead atoms. The van der Waals surface area contributed by atoms with Crippen LogP contribution in [0.3, 0.4) is 0 Å². The first kappa shape index (κ1) is 29.0. The highest BCUT2D eigenvalue weighted by Gasteiger charge is 2.67. The van der Waals surface area contributed by atoms with E-state index >= 15 is 0 Å². The van der Waals surface area contributed by atoms with Crippen molar-refractivity contribution in [1.29, 1.82) is 0 Å². The van der Waals surface area contributed by atoms with Crippen LogP contribution in [0.5, 0.6) is 17.2 Å². The van der Waals surface area contributed by atoms with Crippen LogP contribution in [-0.2, 0) is 23.1 Å². The van der Waals surface area contributed by atoms with Crippen LogP contribution in [0.2, 0.25) is 0 Å². The Morgan fingerprint density at radius 2 is 1.95 bits per heavy atom. The van der Waals surface area contributed by atoms with E-state index in [0.717, 1.165) is 81.7 Å². The second-order valence-corrected chi connectivity index (χ2v) is 14.6. The molecule has 6 heteroatoms. The van der Waals surface area contributed by atoms with Crippen molar-refractivity contribution in [2.24, 2.45) is 17.8 Å². The van der Waals surface area contributed by atoms with Gasteiger partial charge in [0.15, 0.2) is 11.5 Å². The highest BCUT2D eigenvalue weighted by molar-refractivity contribution is 5.77. The molecule has 5 atom stereocenters. The first-order chi connectivity index (χ1) is 20.9. The molecule has 1 spiro atoms. The van der Waals surface area contributed by atoms with Gasteiger partial charge in [0, 0.05) is 48.2 Å². The summed E-state index contributed by atoms with van der Waals surface area (Å²) in [6.45, 7) is 7.46. The molecular formula is C37H50N2O4. The zero-order chi connectivity index (χ0) is 29.7. The average molecular weight is 587 g/mol. The summed E-state index contributed by atoms with van der Waals surface area (Å²) in [7, 11) is 1.67. The maximum atomic E-state index is 14.1. The number of ether oxygens (including phenoxy) is 2. The third-order valence-corrected chi connectivity index (χ3v) is 11.4. The monoisotopic (exact) mass is 586 g/mol. The van der Waals surface area contributed by atoms with Crippen molar-refractivity contribution in [1.82, 2.24) is 9.80 Å². The van der Waals surface area contributed by atoms with Crippen molar-refractivity contribution in [3.63, 3.8) is 0 Å². The standard InChI is InChI=1S/C37H50N2O4/c1-24(2)22-39(33(41)13-9-5-8-12-25-10-6-4-7-11-25)29-17-16-28-30-20-27-31(40)21-32(42-3)35-34(27)37(28,36(29)43-35)18-19-38(30)23-26-14-15-26/h4,6-7,10-11,21,24,26,28-30,36,40H,5,8-9,12-20,22-23H2,1-3H3/t28-,29-,30+,36-,37-/m0/s1. The topological polar surface area (TPSA) is 62.2 Å². The number of nitrogens with zero attached hydrogens (tertiary/aromatic N) is 2. The Kier molecular flexibility index (Phi) is 7.86. The SMILES string of the molecule is COc1cc(O)c2c3c1O[C@H]1[C@@H](N(CC(C)C)C(=O)CCCCCc4ccccc4)CC[C@H]4[C@@H](C2)N(CC2CC2)CC[C@@]341. The Morgan fingerprint density at radius 1 is 1.14 bits per heavy atom. The van der Waals surface area contributed by atoms with Crippen LogP contribution in [-0.4, -0.2) is 65.7 Å². The number of piperidine rings is 1. The van der Waals surface area contributed by atoms with Gasteiger partial charge in [0.25, 0.3) is 0 Å². The number of rotatable bonds is 12. The van der Waals surface area contributed by atoms with Gasteiger partial charge in [-0.05, 0) is 87.6 Å². The summed E-state index contributed by atoms with van der Waals surface area (Å²) in [4.78, 5) is 19.0. The average Bonchev–Trinajstić information content (AvgIpc) is 3.76. The van der Waals surface area contributed by atoms with Gasteiger partial charge in [-0.2, -0.15) is 0 Å². The number of phenols is 1. The van der Waals surface area contributed by atoms with E-state index in [1.165, 1.54) is 30.5 Å². The molecule has 232 valence electrons. The molecule has 3 fully saturated rings. The molecule has 2 aromatic rings. The van der Waals surface area contributed by atoms with E-state index in [9.17, 15) is 9.90 Å². The molecule has 7 rings (SSSR count). The first-order valence-corrected chi connectivity index (χ1v) is 17.1. The number of amides is 1. The Bertz CT molecular complexity index is 1320. The molecule has 5 aliphatic rings. The van der Waals surface area contributed by atoms with Gasteiger partial charge < -0.3 is 19.5 Å². The Morgan fingerprint density at radius 3 is 2.70 bits per heavy atom. The van der Waals surface area contributed by atoms with E-state index in [1.54, 1.807) is 13.2 Å². The molecule has 0 unspecified atom stereocenters. The second kappa shape index (κ2) is 11.6. The fraction of sp³-hybridized carbons (Fsp3) is 0.649. The summed E-state index contributed by atoms with van der Waals surface area (Å²) in [6, 6.07) is 12.9. The van der Waals surface area contributed by atoms with Gasteiger partial charge in [0.1, 0.15) is 11.9 Å². The van der Waals surface area contributed by atoms with Crippen LogP contribution in [0, 0.1) is 17.8 Å². The number of methoxy groups -OCH3 is 1. The van der Waals surface area contributed by atoms with Crippen molar-refractivity contribution in [3.8, 4) is 17.2 Å². The van der Waals surface area contributed by atoms with Crippen LogP contribution in [0.25, 0.3) is 0 Å². The number of hydrogen-bond donors (Lipinski definition) is 1. The number of phenolic OH excluding ortho intramolecular Hbond substituents is 1. The van der Waals surface area contributed by atoms with Gasteiger partial charge >= 0.3 is 0 Å². The fourth-order valence-electron chi connectivity index (χ4n) is 9.37. The lowest BCUT2D eigenvalue weighted by atomic mass is 9.50. The molecule has 3 aliphatic carbocycles. The molecule has 1 amide bonds. The van der Waals surface area contributed by atoms with Crippen molar-refractivity contribution >= 4 is 5.91 Å². The van der Waals surface area contributed by atoms with Crippen LogP contribution in [0.15, 0.2) is 36.4 Å². The Balaban J connectivity index is 1.15. The first-order valence-electron chi connectivity index (χ1n) is 17.1. The zero-order valence-electron chi connectivity index (χ0n) is 26.4. The van der Waals surface area contributed by atoms with Gasteiger partial charge in [-0.3, -0.25) is 9.69 Å². The number of hydrogen-bond acceptors (Lipinski definition) is 5. The molecule has 2 aromatic carbocycles. The summed E-state index contributed by atoms with van der Waals surface area (Å²) in [6.07, 6.45) is 11.4. The van der Waals surface area contributed by atoms with Crippen LogP contribution < -0.4 is 9.47 Å². The number of unbranched alkanes of at least 4 members (excludes halogenated alkanes) is 2. The summed E-state index contributed by atoms with van der Waals surface area (Å²) < 4.78 is 12.9. The van der Waals surface area contributed by atoms with Gasteiger partial charge in [-0.15, -0.1) is 0 Å². The smallest absolute Gasteiger partial charge is 0.222 e. The van der Waals surface area contributed by atoms with Crippen LogP contribution in [0.4, 0.5) is 0 Å². The third-order valence-electron chi connectivity index (χ3n) is 11.4. The molecule has 6 nitrogen and oxygen atoms in total. The van der Waals surface area contributed by atoms with Gasteiger partial charge in [-0.1, -0.05) is 50.6 Å². The summed E-state index contributed by atoms with van der Waals surface area (Å²) >= 11 is 0. The maximum absolute atomic E-state index is 14.1. The molecule has 2 heterocycles. The van der Waals surface area contributed by atoms with E-state index in [1.807, 2.05) is 0 Å². The van der Waals surface area contributed by atoms with Gasteiger partial charge in [0.05, 0.1) is 13.2 Å². The Hall–Kier alpha value is -2.73. The minimum absolute atomic E-state index is 0.0382. The fourth-order valence-corrected chi connectivity index (χ4v) is 9.37. The zero-order valence-corrected chi connectivity index (χ0v) is 26.4. The summed E-state index contributed by atoms with van der Waals surface area (Å²) in [5.41, 5.74) is 3.48. The van der Waals surface area contributed by atoms with E-state index in [-0.39, 0.29) is 23.5 Å². The molecule has 43 heavy (non-hydrogen) atoms. The second-order valence-electron chi connectivity index (χ2n) is 14.6. The quantitative estimate of drug-likeness (QED) is 0.288. The largest absolute Gasteiger partial charge is 0.508 e. The molecule has 0 aromatic heterocycles. The summed E-state index contributed by atoms with van der Waals surface area (Å²) in [5, 5.41) is 11.3. The number of aryl methyl sites for hydroxylation is 1. The van der Waals surface area contributed by atoms with Crippen molar-refractivity contribution in [2.75, 3.05) is 26.7 Å². The minimum atomic E-state index is -0.173. The van der Waals surface area contributed by atoms with Crippen molar-refractivity contribution in [2.45, 2.75) is 108 Å². The van der Waals surface area contributed by atoms with E-state index in [4.69, 9.17) is 9.47 Å². The van der Waals surface area contributed by atoms with Crippen molar-refractivity contribution < 1.29 is 19.4 Å². The Labute approximate surface area is 257 Å². The van der Waals surface area contributed by atoms with Crippen LogP contribution in [0.1, 0.15) is 88.3 Å². The number of benzene rings is 2. The molecule has 0 radical (unpaired) electrons. The highest BCUT2D eigenvalue weighted by Crippen LogP contribution is 2.66. The number of carbonyl (C=O) groups is 1. The molecule has 1 saturated heterocycles. The lowest BCUT2D eigenvalue weighted by Gasteiger charge is -2.60. The molecular weight excluding hydrogens is 536 g/mol. The predicted molar refractivity (Wildman–Crippen MR) is 169 cm³/mol. The molecule has 1 N–H and O–H groups in total.